The lowest BCUT2D eigenvalue weighted by Crippen LogP contribution is -2.45. The summed E-state index contributed by atoms with van der Waals surface area (Å²) in [6, 6.07) is 6.73. The number of carbonyl (C=O) groups excluding carboxylic acids is 1. The first-order valence-corrected chi connectivity index (χ1v) is 7.56. The lowest BCUT2D eigenvalue weighted by atomic mass is 9.76. The summed E-state index contributed by atoms with van der Waals surface area (Å²) in [4.78, 5) is 24.2. The van der Waals surface area contributed by atoms with Gasteiger partial charge in [0, 0.05) is 4.47 Å². The number of carboxylic acid groups (broad SMARTS) is 1. The standard InChI is InChI=1S/C16H19BrO4/c1-3-5-6-11-16(14(18)19,15(20)21-4-2)12-7-9-13(17)10-8-12/h3,7-10H,1,4-6,11H2,2H3,(H,18,19). The van der Waals surface area contributed by atoms with Crippen LogP contribution < -0.4 is 0 Å². The van der Waals surface area contributed by atoms with Crippen LogP contribution in [0.2, 0.25) is 0 Å². The van der Waals surface area contributed by atoms with E-state index in [0.717, 1.165) is 4.47 Å². The van der Waals surface area contributed by atoms with Crippen molar-refractivity contribution in [3.8, 4) is 0 Å². The molecule has 0 spiro atoms. The molecule has 0 amide bonds. The van der Waals surface area contributed by atoms with Crippen molar-refractivity contribution in [1.82, 2.24) is 0 Å². The Labute approximate surface area is 132 Å². The van der Waals surface area contributed by atoms with Crippen molar-refractivity contribution in [2.75, 3.05) is 6.61 Å². The minimum Gasteiger partial charge on any atom is -0.480 e. The predicted octanol–water partition coefficient (Wildman–Crippen LogP) is 3.69. The number of hydrogen-bond donors (Lipinski definition) is 1. The minimum atomic E-state index is -1.67. The fourth-order valence-corrected chi connectivity index (χ4v) is 2.45. The quantitative estimate of drug-likeness (QED) is 0.334. The van der Waals surface area contributed by atoms with Crippen LogP contribution in [0.25, 0.3) is 0 Å². The predicted molar refractivity (Wildman–Crippen MR) is 84.1 cm³/mol. The van der Waals surface area contributed by atoms with Gasteiger partial charge in [-0.1, -0.05) is 34.1 Å². The Hall–Kier alpha value is -1.62. The highest BCUT2D eigenvalue weighted by Gasteiger charge is 2.48. The molecule has 1 atom stereocenters. The van der Waals surface area contributed by atoms with Crippen LogP contribution >= 0.6 is 15.9 Å². The maximum Gasteiger partial charge on any atom is 0.328 e. The molecule has 1 unspecified atom stereocenters. The number of carbonyl (C=O) groups is 2. The van der Waals surface area contributed by atoms with E-state index in [1.54, 1.807) is 37.3 Å². The third kappa shape index (κ3) is 3.94. The van der Waals surface area contributed by atoms with Gasteiger partial charge in [0.2, 0.25) is 0 Å². The van der Waals surface area contributed by atoms with Crippen LogP contribution in [0.3, 0.4) is 0 Å². The number of hydrogen-bond acceptors (Lipinski definition) is 3. The summed E-state index contributed by atoms with van der Waals surface area (Å²) in [5.74, 6) is -1.91. The molecular formula is C16H19BrO4. The lowest BCUT2D eigenvalue weighted by molar-refractivity contribution is -0.162. The largest absolute Gasteiger partial charge is 0.480 e. The van der Waals surface area contributed by atoms with Crippen LogP contribution in [-0.4, -0.2) is 23.7 Å². The zero-order valence-electron chi connectivity index (χ0n) is 12.0. The maximum absolute atomic E-state index is 12.3. The highest BCUT2D eigenvalue weighted by molar-refractivity contribution is 9.10. The normalized spacial score (nSPS) is 13.2. The first-order chi connectivity index (χ1) is 9.98. The zero-order valence-corrected chi connectivity index (χ0v) is 13.6. The van der Waals surface area contributed by atoms with Gasteiger partial charge in [0.05, 0.1) is 6.61 Å². The van der Waals surface area contributed by atoms with Crippen LogP contribution in [0.4, 0.5) is 0 Å². The highest BCUT2D eigenvalue weighted by atomic mass is 79.9. The Morgan fingerprint density at radius 2 is 2.00 bits per heavy atom. The van der Waals surface area contributed by atoms with E-state index >= 15 is 0 Å². The van der Waals surface area contributed by atoms with Crippen molar-refractivity contribution in [3.63, 3.8) is 0 Å². The molecule has 0 heterocycles. The topological polar surface area (TPSA) is 63.6 Å². The number of benzene rings is 1. The minimum absolute atomic E-state index is 0.145. The summed E-state index contributed by atoms with van der Waals surface area (Å²) in [7, 11) is 0. The molecule has 0 aromatic heterocycles. The number of carboxylic acids is 1. The van der Waals surface area contributed by atoms with Crippen LogP contribution in [0, 0.1) is 0 Å². The number of unbranched alkanes of at least 4 members (excludes halogenated alkanes) is 1. The molecule has 0 aliphatic heterocycles. The van der Waals surface area contributed by atoms with Gasteiger partial charge in [-0.25, -0.2) is 0 Å². The average molecular weight is 355 g/mol. The molecular weight excluding hydrogens is 336 g/mol. The van der Waals surface area contributed by atoms with E-state index in [-0.39, 0.29) is 13.0 Å². The molecule has 0 bridgehead atoms. The number of ether oxygens (including phenoxy) is 1. The van der Waals surface area contributed by atoms with Gasteiger partial charge in [0.1, 0.15) is 0 Å². The van der Waals surface area contributed by atoms with E-state index in [1.807, 2.05) is 0 Å². The van der Waals surface area contributed by atoms with E-state index in [4.69, 9.17) is 4.74 Å². The molecule has 0 saturated carbocycles. The average Bonchev–Trinajstić information content (AvgIpc) is 2.45. The van der Waals surface area contributed by atoms with Crippen LogP contribution in [0.5, 0.6) is 0 Å². The van der Waals surface area contributed by atoms with Gasteiger partial charge in [0.25, 0.3) is 0 Å². The molecule has 1 N–H and O–H groups in total. The van der Waals surface area contributed by atoms with E-state index in [0.29, 0.717) is 18.4 Å². The van der Waals surface area contributed by atoms with Crippen LogP contribution in [0.1, 0.15) is 31.7 Å². The van der Waals surface area contributed by atoms with E-state index in [1.165, 1.54) is 0 Å². The fraction of sp³-hybridized carbons (Fsp3) is 0.375. The smallest absolute Gasteiger partial charge is 0.328 e. The molecule has 1 aromatic rings. The van der Waals surface area contributed by atoms with Crippen molar-refractivity contribution in [1.29, 1.82) is 0 Å². The summed E-state index contributed by atoms with van der Waals surface area (Å²) in [5.41, 5.74) is -1.24. The van der Waals surface area contributed by atoms with Crippen molar-refractivity contribution in [2.45, 2.75) is 31.6 Å². The Bertz CT molecular complexity index is 510. The Kier molecular flexibility index (Phi) is 6.62. The number of allylic oxidation sites excluding steroid dienone is 1. The summed E-state index contributed by atoms with van der Waals surface area (Å²) in [6.07, 6.45) is 3.07. The van der Waals surface area contributed by atoms with Gasteiger partial charge in [-0.3, -0.25) is 9.59 Å². The third-order valence-corrected chi connectivity index (χ3v) is 3.81. The van der Waals surface area contributed by atoms with Gasteiger partial charge in [-0.15, -0.1) is 6.58 Å². The Morgan fingerprint density at radius 1 is 1.38 bits per heavy atom. The van der Waals surface area contributed by atoms with Gasteiger partial charge in [-0.2, -0.15) is 0 Å². The second-order valence-corrected chi connectivity index (χ2v) is 5.53. The lowest BCUT2D eigenvalue weighted by Gasteiger charge is -2.27. The van der Waals surface area contributed by atoms with E-state index in [9.17, 15) is 14.7 Å². The second-order valence-electron chi connectivity index (χ2n) is 4.62. The summed E-state index contributed by atoms with van der Waals surface area (Å²) in [5, 5.41) is 9.70. The molecule has 4 nitrogen and oxygen atoms in total. The maximum atomic E-state index is 12.3. The SMILES string of the molecule is C=CCCCC(C(=O)O)(C(=O)OCC)c1ccc(Br)cc1. The molecule has 5 heteroatoms. The Balaban J connectivity index is 3.28. The Morgan fingerprint density at radius 3 is 2.48 bits per heavy atom. The number of esters is 1. The number of aliphatic carboxylic acids is 1. The molecule has 0 aliphatic rings. The fourth-order valence-electron chi connectivity index (χ4n) is 2.18. The third-order valence-electron chi connectivity index (χ3n) is 3.29. The molecule has 0 aliphatic carbocycles. The number of halogens is 1. The highest BCUT2D eigenvalue weighted by Crippen LogP contribution is 2.33. The molecule has 1 rings (SSSR count). The van der Waals surface area contributed by atoms with Gasteiger partial charge >= 0.3 is 11.9 Å². The van der Waals surface area contributed by atoms with E-state index in [2.05, 4.69) is 22.5 Å². The zero-order chi connectivity index (χ0) is 15.9. The molecule has 21 heavy (non-hydrogen) atoms. The first kappa shape index (κ1) is 17.4. The van der Waals surface area contributed by atoms with Gasteiger partial charge in [0.15, 0.2) is 5.41 Å². The monoisotopic (exact) mass is 354 g/mol. The molecule has 114 valence electrons. The van der Waals surface area contributed by atoms with Gasteiger partial charge in [-0.05, 0) is 43.9 Å². The molecule has 0 radical (unpaired) electrons. The molecule has 1 aromatic carbocycles. The van der Waals surface area contributed by atoms with Crippen LogP contribution in [0.15, 0.2) is 41.4 Å². The van der Waals surface area contributed by atoms with Gasteiger partial charge < -0.3 is 9.84 Å². The van der Waals surface area contributed by atoms with Crippen molar-refractivity contribution in [2.24, 2.45) is 0 Å². The second kappa shape index (κ2) is 7.98. The van der Waals surface area contributed by atoms with E-state index < -0.39 is 17.4 Å². The summed E-state index contributed by atoms with van der Waals surface area (Å²) in [6.45, 7) is 5.43. The summed E-state index contributed by atoms with van der Waals surface area (Å²) >= 11 is 3.30. The van der Waals surface area contributed by atoms with Crippen molar-refractivity contribution < 1.29 is 19.4 Å². The van der Waals surface area contributed by atoms with Crippen LogP contribution in [-0.2, 0) is 19.7 Å². The molecule has 0 saturated heterocycles. The number of rotatable bonds is 8. The summed E-state index contributed by atoms with van der Waals surface area (Å²) < 4.78 is 5.85. The van der Waals surface area contributed by atoms with Crippen molar-refractivity contribution >= 4 is 27.9 Å². The molecule has 0 fully saturated rings. The van der Waals surface area contributed by atoms with Crippen molar-refractivity contribution in [3.05, 3.63) is 47.0 Å². The first-order valence-electron chi connectivity index (χ1n) is 6.76.